The third-order valence-electron chi connectivity index (χ3n) is 5.48. The molecule has 0 radical (unpaired) electrons. The van der Waals surface area contributed by atoms with Crippen LogP contribution in [0.15, 0.2) is 72.9 Å². The van der Waals surface area contributed by atoms with Crippen LogP contribution in [0.3, 0.4) is 0 Å². The molecule has 10 nitrogen and oxygen atoms in total. The van der Waals surface area contributed by atoms with E-state index in [2.05, 4.69) is 32.1 Å². The van der Waals surface area contributed by atoms with E-state index in [0.29, 0.717) is 34.3 Å². The fraction of sp³-hybridized carbons (Fsp3) is 0.179. The molecule has 0 saturated heterocycles. The molecule has 0 unspecified atom stereocenters. The van der Waals surface area contributed by atoms with Gasteiger partial charge >= 0.3 is 6.03 Å². The second-order valence-electron chi connectivity index (χ2n) is 9.40. The van der Waals surface area contributed by atoms with Crippen LogP contribution >= 0.6 is 0 Å². The summed E-state index contributed by atoms with van der Waals surface area (Å²) in [7, 11) is 1.53. The quantitative estimate of drug-likeness (QED) is 0.326. The lowest BCUT2D eigenvalue weighted by Gasteiger charge is -2.14. The first-order valence-electron chi connectivity index (χ1n) is 11.8. The van der Waals surface area contributed by atoms with Crippen LogP contribution in [0.2, 0.25) is 0 Å². The molecule has 0 fully saturated rings. The van der Waals surface area contributed by atoms with Gasteiger partial charge in [0.2, 0.25) is 0 Å². The molecule has 0 spiro atoms. The van der Waals surface area contributed by atoms with Crippen LogP contribution in [0.5, 0.6) is 11.5 Å². The first-order chi connectivity index (χ1) is 18.2. The number of carbonyl (C=O) groups excluding carboxylic acids is 2. The third kappa shape index (κ3) is 6.14. The number of benzene rings is 2. The summed E-state index contributed by atoms with van der Waals surface area (Å²) in [6.07, 6.45) is 1.49. The van der Waals surface area contributed by atoms with E-state index in [9.17, 15) is 14.9 Å². The number of hydrogen-bond donors (Lipinski definition) is 3. The molecular weight excluding hydrogens is 482 g/mol. The van der Waals surface area contributed by atoms with Crippen LogP contribution in [-0.2, 0) is 5.41 Å². The summed E-state index contributed by atoms with van der Waals surface area (Å²) in [6.45, 7) is 6.10. The zero-order valence-electron chi connectivity index (χ0n) is 21.4. The summed E-state index contributed by atoms with van der Waals surface area (Å²) < 4.78 is 7.42. The molecule has 0 saturated carbocycles. The Morgan fingerprint density at radius 3 is 2.42 bits per heavy atom. The van der Waals surface area contributed by atoms with Gasteiger partial charge in [0.25, 0.3) is 5.91 Å². The number of amides is 3. The van der Waals surface area contributed by atoms with E-state index in [4.69, 9.17) is 4.74 Å². The van der Waals surface area contributed by atoms with Gasteiger partial charge in [0.1, 0.15) is 23.0 Å². The molecular formula is C28H27N7O3. The highest BCUT2D eigenvalue weighted by atomic mass is 16.5. The van der Waals surface area contributed by atoms with Gasteiger partial charge in [0.15, 0.2) is 0 Å². The Balaban J connectivity index is 1.48. The monoisotopic (exact) mass is 509 g/mol. The highest BCUT2D eigenvalue weighted by Gasteiger charge is 2.22. The summed E-state index contributed by atoms with van der Waals surface area (Å²) in [5.41, 5.74) is 2.47. The number of pyridine rings is 1. The molecule has 0 aliphatic carbocycles. The number of carbonyl (C=O) groups is 2. The van der Waals surface area contributed by atoms with Gasteiger partial charge in [-0.15, -0.1) is 0 Å². The maximum absolute atomic E-state index is 12.9. The summed E-state index contributed by atoms with van der Waals surface area (Å²) in [5.74, 6) is 1.14. The predicted octanol–water partition coefficient (Wildman–Crippen LogP) is 5.23. The minimum Gasteiger partial charge on any atom is -0.457 e. The predicted molar refractivity (Wildman–Crippen MR) is 144 cm³/mol. The van der Waals surface area contributed by atoms with Crippen molar-refractivity contribution in [3.8, 4) is 23.3 Å². The van der Waals surface area contributed by atoms with Crippen molar-refractivity contribution in [1.82, 2.24) is 20.1 Å². The Bertz CT molecular complexity index is 1510. The van der Waals surface area contributed by atoms with Crippen molar-refractivity contribution in [2.24, 2.45) is 0 Å². The molecule has 38 heavy (non-hydrogen) atoms. The van der Waals surface area contributed by atoms with Crippen LogP contribution in [-0.4, -0.2) is 33.8 Å². The molecule has 4 aromatic rings. The summed E-state index contributed by atoms with van der Waals surface area (Å²) in [5, 5.41) is 22.1. The molecule has 3 amide bonds. The van der Waals surface area contributed by atoms with Crippen molar-refractivity contribution in [3.05, 3.63) is 89.9 Å². The zero-order valence-corrected chi connectivity index (χ0v) is 21.4. The van der Waals surface area contributed by atoms with E-state index in [1.54, 1.807) is 59.3 Å². The smallest absolute Gasteiger partial charge is 0.324 e. The largest absolute Gasteiger partial charge is 0.457 e. The van der Waals surface area contributed by atoms with Gasteiger partial charge in [0, 0.05) is 36.5 Å². The van der Waals surface area contributed by atoms with Crippen LogP contribution in [0, 0.1) is 11.3 Å². The van der Waals surface area contributed by atoms with Crippen molar-refractivity contribution >= 4 is 23.4 Å². The second-order valence-corrected chi connectivity index (χ2v) is 9.40. The van der Waals surface area contributed by atoms with Gasteiger partial charge in [-0.3, -0.25) is 15.1 Å². The number of nitrogens with zero attached hydrogens (tertiary/aromatic N) is 4. The van der Waals surface area contributed by atoms with Crippen molar-refractivity contribution in [3.63, 3.8) is 0 Å². The number of hydrogen-bond acceptors (Lipinski definition) is 6. The number of anilines is 2. The van der Waals surface area contributed by atoms with Gasteiger partial charge in [-0.2, -0.15) is 10.4 Å². The lowest BCUT2D eigenvalue weighted by Crippen LogP contribution is -2.21. The number of nitrogens with one attached hydrogen (secondary N) is 3. The Labute approximate surface area is 220 Å². The first-order valence-corrected chi connectivity index (χ1v) is 11.8. The van der Waals surface area contributed by atoms with Gasteiger partial charge in [-0.1, -0.05) is 26.8 Å². The lowest BCUT2D eigenvalue weighted by atomic mass is 9.92. The molecule has 0 atom stereocenters. The lowest BCUT2D eigenvalue weighted by molar-refractivity contribution is 0.0957. The van der Waals surface area contributed by atoms with Crippen LogP contribution in [0.1, 0.15) is 42.5 Å². The molecule has 3 N–H and O–H groups in total. The average Bonchev–Trinajstić information content (AvgIpc) is 3.34. The van der Waals surface area contributed by atoms with E-state index in [1.165, 1.54) is 13.2 Å². The standard InChI is InChI=1S/C28H27N7O3/c1-28(2,3)24-16-25(35(34-24)20-7-5-6-18(14-20)17-29)33-27(37)32-19-8-10-21(11-9-19)38-22-12-13-31-23(15-22)26(36)30-4/h5-16H,1-4H3,(H,30,36)(H2,32,33,37). The van der Waals surface area contributed by atoms with Gasteiger partial charge in [0.05, 0.1) is 23.0 Å². The molecule has 192 valence electrons. The summed E-state index contributed by atoms with van der Waals surface area (Å²) in [4.78, 5) is 28.7. The highest BCUT2D eigenvalue weighted by Crippen LogP contribution is 2.27. The molecule has 0 bridgehead atoms. The van der Waals surface area contributed by atoms with E-state index in [1.807, 2.05) is 32.9 Å². The fourth-order valence-corrected chi connectivity index (χ4v) is 3.49. The molecule has 0 aliphatic rings. The highest BCUT2D eigenvalue weighted by molar-refractivity contribution is 5.99. The second kappa shape index (κ2) is 10.8. The van der Waals surface area contributed by atoms with E-state index < -0.39 is 6.03 Å². The number of urea groups is 1. The number of aromatic nitrogens is 3. The third-order valence-corrected chi connectivity index (χ3v) is 5.48. The number of ether oxygens (including phenoxy) is 1. The fourth-order valence-electron chi connectivity index (χ4n) is 3.49. The first kappa shape index (κ1) is 25.9. The van der Waals surface area contributed by atoms with Crippen LogP contribution < -0.4 is 20.7 Å². The molecule has 2 aromatic heterocycles. The van der Waals surface area contributed by atoms with Gasteiger partial charge < -0.3 is 15.4 Å². The SMILES string of the molecule is CNC(=O)c1cc(Oc2ccc(NC(=O)Nc3cc(C(C)(C)C)nn3-c3cccc(C#N)c3)cc2)ccn1. The minimum absolute atomic E-state index is 0.244. The normalized spacial score (nSPS) is 10.8. The van der Waals surface area contributed by atoms with Crippen LogP contribution in [0.4, 0.5) is 16.3 Å². The number of nitriles is 1. The molecule has 2 aromatic carbocycles. The Hall–Kier alpha value is -5.17. The van der Waals surface area contributed by atoms with Crippen molar-refractivity contribution in [2.75, 3.05) is 17.7 Å². The molecule has 2 heterocycles. The van der Waals surface area contributed by atoms with Gasteiger partial charge in [-0.05, 0) is 48.5 Å². The Morgan fingerprint density at radius 1 is 0.974 bits per heavy atom. The average molecular weight is 510 g/mol. The van der Waals surface area contributed by atoms with E-state index >= 15 is 0 Å². The number of rotatable bonds is 6. The molecule has 4 rings (SSSR count). The Morgan fingerprint density at radius 2 is 1.74 bits per heavy atom. The summed E-state index contributed by atoms with van der Waals surface area (Å²) >= 11 is 0. The van der Waals surface area contributed by atoms with Crippen molar-refractivity contribution in [1.29, 1.82) is 5.26 Å². The maximum Gasteiger partial charge on any atom is 0.324 e. The maximum atomic E-state index is 12.9. The minimum atomic E-state index is -0.457. The van der Waals surface area contributed by atoms with Crippen LogP contribution in [0.25, 0.3) is 5.69 Å². The van der Waals surface area contributed by atoms with Crippen molar-refractivity contribution in [2.45, 2.75) is 26.2 Å². The van der Waals surface area contributed by atoms with E-state index in [0.717, 1.165) is 5.69 Å². The molecule has 10 heteroatoms. The molecule has 0 aliphatic heterocycles. The zero-order chi connectivity index (χ0) is 27.3. The van der Waals surface area contributed by atoms with E-state index in [-0.39, 0.29) is 17.0 Å². The topological polar surface area (TPSA) is 134 Å². The Kier molecular flexibility index (Phi) is 7.39. The van der Waals surface area contributed by atoms with Gasteiger partial charge in [-0.25, -0.2) is 9.48 Å². The van der Waals surface area contributed by atoms with Crippen molar-refractivity contribution < 1.29 is 14.3 Å². The summed E-state index contributed by atoms with van der Waals surface area (Å²) in [6, 6.07) is 20.5.